The predicted octanol–water partition coefficient (Wildman–Crippen LogP) is 1.40. The minimum atomic E-state index is -0.412. The van der Waals surface area contributed by atoms with E-state index in [1.165, 1.54) is 0 Å². The van der Waals surface area contributed by atoms with Gasteiger partial charge in [0.05, 0.1) is 19.2 Å². The second kappa shape index (κ2) is 5.76. The molecule has 1 aliphatic heterocycles. The van der Waals surface area contributed by atoms with Crippen molar-refractivity contribution in [3.63, 3.8) is 0 Å². The Hall–Kier alpha value is -1.70. The molecule has 1 aliphatic rings. The molecule has 0 N–H and O–H groups in total. The highest BCUT2D eigenvalue weighted by Gasteiger charge is 2.21. The zero-order valence-electron chi connectivity index (χ0n) is 10.4. The van der Waals surface area contributed by atoms with Crippen LogP contribution in [0.1, 0.15) is 15.9 Å². The lowest BCUT2D eigenvalue weighted by Crippen LogP contribution is -2.44. The van der Waals surface area contributed by atoms with Gasteiger partial charge in [0.2, 0.25) is 0 Å². The molecular weight excluding hydrogens is 228 g/mol. The maximum atomic E-state index is 12.1. The van der Waals surface area contributed by atoms with Gasteiger partial charge in [-0.2, -0.15) is 5.26 Å². The monoisotopic (exact) mass is 244 g/mol. The Bertz CT molecular complexity index is 462. The van der Waals surface area contributed by atoms with Crippen LogP contribution in [-0.4, -0.2) is 43.0 Å². The zero-order valence-corrected chi connectivity index (χ0v) is 10.4. The first-order chi connectivity index (χ1) is 8.69. The summed E-state index contributed by atoms with van der Waals surface area (Å²) in [6, 6.07) is 9.64. The number of carbonyl (C=O) groups excluding carboxylic acids is 1. The van der Waals surface area contributed by atoms with E-state index in [1.54, 1.807) is 0 Å². The highest BCUT2D eigenvalue weighted by atomic mass is 16.5. The van der Waals surface area contributed by atoms with E-state index in [9.17, 15) is 4.79 Å². The Morgan fingerprint density at radius 1 is 1.50 bits per heavy atom. The Labute approximate surface area is 107 Å². The predicted molar refractivity (Wildman–Crippen MR) is 67.3 cm³/mol. The van der Waals surface area contributed by atoms with Crippen molar-refractivity contribution in [2.24, 2.45) is 0 Å². The van der Waals surface area contributed by atoms with Gasteiger partial charge in [0.1, 0.15) is 0 Å². The number of hydrogen-bond acceptors (Lipinski definition) is 4. The smallest absolute Gasteiger partial charge is 0.176 e. The number of carbonyl (C=O) groups is 1. The van der Waals surface area contributed by atoms with Crippen LogP contribution in [0.15, 0.2) is 24.3 Å². The molecule has 0 aliphatic carbocycles. The Morgan fingerprint density at radius 3 is 2.89 bits per heavy atom. The summed E-state index contributed by atoms with van der Waals surface area (Å²) in [5.41, 5.74) is 1.86. The normalized spacial score (nSPS) is 20.3. The molecule has 1 unspecified atom stereocenters. The van der Waals surface area contributed by atoms with Crippen LogP contribution in [0.3, 0.4) is 0 Å². The molecule has 0 aromatic heterocycles. The van der Waals surface area contributed by atoms with E-state index < -0.39 is 6.10 Å². The number of ketones is 1. The fourth-order valence-corrected chi connectivity index (χ4v) is 1.96. The van der Waals surface area contributed by atoms with Gasteiger partial charge in [0.15, 0.2) is 11.9 Å². The van der Waals surface area contributed by atoms with Crippen molar-refractivity contribution in [2.75, 3.05) is 26.2 Å². The topological polar surface area (TPSA) is 53.3 Å². The molecule has 2 rings (SSSR count). The van der Waals surface area contributed by atoms with Crippen molar-refractivity contribution in [1.82, 2.24) is 4.90 Å². The number of rotatable bonds is 3. The number of Topliss-reactive ketones (excluding diaryl/α,β-unsaturated/α-hetero) is 1. The fraction of sp³-hybridized carbons (Fsp3) is 0.429. The molecule has 0 amide bonds. The van der Waals surface area contributed by atoms with E-state index in [0.29, 0.717) is 26.2 Å². The van der Waals surface area contributed by atoms with Crippen LogP contribution in [0.4, 0.5) is 0 Å². The summed E-state index contributed by atoms with van der Waals surface area (Å²) in [6.07, 6.45) is -0.412. The molecule has 1 atom stereocenters. The number of hydrogen-bond donors (Lipinski definition) is 0. The van der Waals surface area contributed by atoms with Crippen molar-refractivity contribution in [2.45, 2.75) is 13.0 Å². The van der Waals surface area contributed by atoms with Crippen LogP contribution in [0, 0.1) is 18.3 Å². The highest BCUT2D eigenvalue weighted by molar-refractivity contribution is 5.97. The quantitative estimate of drug-likeness (QED) is 0.754. The second-order valence-electron chi connectivity index (χ2n) is 4.51. The first-order valence-corrected chi connectivity index (χ1v) is 6.02. The first-order valence-electron chi connectivity index (χ1n) is 6.02. The number of nitrogens with zero attached hydrogens (tertiary/aromatic N) is 2. The lowest BCUT2D eigenvalue weighted by molar-refractivity contribution is 0.00241. The van der Waals surface area contributed by atoms with E-state index in [1.807, 2.05) is 36.1 Å². The van der Waals surface area contributed by atoms with E-state index in [4.69, 9.17) is 10.00 Å². The van der Waals surface area contributed by atoms with Crippen LogP contribution in [0.2, 0.25) is 0 Å². The molecule has 18 heavy (non-hydrogen) atoms. The molecule has 1 fully saturated rings. The van der Waals surface area contributed by atoms with Gasteiger partial charge in [0.25, 0.3) is 0 Å². The van der Waals surface area contributed by atoms with Crippen molar-refractivity contribution in [1.29, 1.82) is 5.26 Å². The molecule has 1 aromatic carbocycles. The minimum absolute atomic E-state index is 0.0913. The largest absolute Gasteiger partial charge is 0.361 e. The second-order valence-corrected chi connectivity index (χ2v) is 4.51. The fourth-order valence-electron chi connectivity index (χ4n) is 1.96. The lowest BCUT2D eigenvalue weighted by Gasteiger charge is -2.28. The molecule has 0 radical (unpaired) electrons. The standard InChI is InChI=1S/C14H16N2O2/c1-11-2-4-12(5-3-11)14(17)10-16-6-7-18-13(8-15)9-16/h2-5,13H,6-7,9-10H2,1H3. The van der Waals surface area contributed by atoms with Gasteiger partial charge in [-0.1, -0.05) is 29.8 Å². The van der Waals surface area contributed by atoms with Crippen LogP contribution < -0.4 is 0 Å². The molecule has 4 heteroatoms. The van der Waals surface area contributed by atoms with Gasteiger partial charge in [-0.05, 0) is 6.92 Å². The molecule has 0 saturated carbocycles. The van der Waals surface area contributed by atoms with Crippen molar-refractivity contribution >= 4 is 5.78 Å². The molecule has 94 valence electrons. The van der Waals surface area contributed by atoms with Crippen molar-refractivity contribution in [3.8, 4) is 6.07 Å². The van der Waals surface area contributed by atoms with E-state index >= 15 is 0 Å². The van der Waals surface area contributed by atoms with Crippen LogP contribution >= 0.6 is 0 Å². The maximum Gasteiger partial charge on any atom is 0.176 e. The van der Waals surface area contributed by atoms with Gasteiger partial charge in [-0.15, -0.1) is 0 Å². The molecule has 0 spiro atoms. The average Bonchev–Trinajstić information content (AvgIpc) is 2.39. The lowest BCUT2D eigenvalue weighted by atomic mass is 10.1. The van der Waals surface area contributed by atoms with Gasteiger partial charge in [-0.25, -0.2) is 0 Å². The van der Waals surface area contributed by atoms with Crippen LogP contribution in [0.5, 0.6) is 0 Å². The van der Waals surface area contributed by atoms with Gasteiger partial charge >= 0.3 is 0 Å². The minimum Gasteiger partial charge on any atom is -0.361 e. The summed E-state index contributed by atoms with van der Waals surface area (Å²) in [5, 5.41) is 8.80. The molecule has 1 saturated heterocycles. The number of ether oxygens (including phenoxy) is 1. The van der Waals surface area contributed by atoms with Crippen LogP contribution in [-0.2, 0) is 4.74 Å². The average molecular weight is 244 g/mol. The Kier molecular flexibility index (Phi) is 4.08. The number of morpholine rings is 1. The van der Waals surface area contributed by atoms with Crippen molar-refractivity contribution in [3.05, 3.63) is 35.4 Å². The molecular formula is C14H16N2O2. The third-order valence-corrected chi connectivity index (χ3v) is 3.04. The Balaban J connectivity index is 1.95. The SMILES string of the molecule is Cc1ccc(C(=O)CN2CCOC(C#N)C2)cc1. The van der Waals surface area contributed by atoms with Crippen molar-refractivity contribution < 1.29 is 9.53 Å². The molecule has 1 aromatic rings. The number of benzene rings is 1. The number of nitriles is 1. The Morgan fingerprint density at radius 2 is 2.22 bits per heavy atom. The number of aryl methyl sites for hydroxylation is 1. The summed E-state index contributed by atoms with van der Waals surface area (Å²) < 4.78 is 5.25. The zero-order chi connectivity index (χ0) is 13.0. The van der Waals surface area contributed by atoms with Gasteiger partial charge in [0, 0.05) is 18.7 Å². The third kappa shape index (κ3) is 3.16. The van der Waals surface area contributed by atoms with Crippen LogP contribution in [0.25, 0.3) is 0 Å². The maximum absolute atomic E-state index is 12.1. The van der Waals surface area contributed by atoms with E-state index in [-0.39, 0.29) is 5.78 Å². The molecule has 4 nitrogen and oxygen atoms in total. The van der Waals surface area contributed by atoms with E-state index in [0.717, 1.165) is 11.1 Å². The summed E-state index contributed by atoms with van der Waals surface area (Å²) in [5.74, 6) is 0.0913. The third-order valence-electron chi connectivity index (χ3n) is 3.04. The molecule has 0 bridgehead atoms. The highest BCUT2D eigenvalue weighted by Crippen LogP contribution is 2.08. The summed E-state index contributed by atoms with van der Waals surface area (Å²) in [4.78, 5) is 14.0. The van der Waals surface area contributed by atoms with Gasteiger partial charge in [-0.3, -0.25) is 9.69 Å². The molecule has 1 heterocycles. The first kappa shape index (κ1) is 12.7. The summed E-state index contributed by atoms with van der Waals surface area (Å²) in [7, 11) is 0. The van der Waals surface area contributed by atoms with E-state index in [2.05, 4.69) is 6.07 Å². The summed E-state index contributed by atoms with van der Waals surface area (Å²) >= 11 is 0. The van der Waals surface area contributed by atoms with Gasteiger partial charge < -0.3 is 4.74 Å². The summed E-state index contributed by atoms with van der Waals surface area (Å²) in [6.45, 7) is 4.07.